The van der Waals surface area contributed by atoms with Crippen molar-refractivity contribution in [1.82, 2.24) is 4.90 Å². The van der Waals surface area contributed by atoms with Crippen LogP contribution in [0.2, 0.25) is 0 Å². The third-order valence-electron chi connectivity index (χ3n) is 5.46. The molecule has 1 N–H and O–H groups in total. The van der Waals surface area contributed by atoms with Crippen molar-refractivity contribution in [2.24, 2.45) is 5.92 Å². The SMILES string of the molecule is CCN(CC(=O)Nc1ccc2c(c1)OC1(CCCCC1)O2)CC1CC1. The summed E-state index contributed by atoms with van der Waals surface area (Å²) in [5, 5.41) is 3.01. The summed E-state index contributed by atoms with van der Waals surface area (Å²) >= 11 is 0. The first-order chi connectivity index (χ1) is 12.2. The zero-order chi connectivity index (χ0) is 17.3. The van der Waals surface area contributed by atoms with Gasteiger partial charge in [0.2, 0.25) is 5.91 Å². The highest BCUT2D eigenvalue weighted by Crippen LogP contribution is 2.46. The fourth-order valence-electron chi connectivity index (χ4n) is 3.84. The van der Waals surface area contributed by atoms with Crippen LogP contribution in [0.3, 0.4) is 0 Å². The van der Waals surface area contributed by atoms with Crippen molar-refractivity contribution in [2.75, 3.05) is 25.0 Å². The van der Waals surface area contributed by atoms with E-state index in [1.54, 1.807) is 0 Å². The minimum Gasteiger partial charge on any atom is -0.448 e. The van der Waals surface area contributed by atoms with Gasteiger partial charge in [-0.1, -0.05) is 13.3 Å². The lowest BCUT2D eigenvalue weighted by Gasteiger charge is -2.31. The van der Waals surface area contributed by atoms with E-state index >= 15 is 0 Å². The minimum atomic E-state index is -0.466. The van der Waals surface area contributed by atoms with E-state index in [1.165, 1.54) is 19.3 Å². The Labute approximate surface area is 149 Å². The van der Waals surface area contributed by atoms with Crippen molar-refractivity contribution in [2.45, 2.75) is 57.7 Å². The molecule has 0 unspecified atom stereocenters. The maximum absolute atomic E-state index is 12.4. The molecule has 0 bridgehead atoms. The molecule has 25 heavy (non-hydrogen) atoms. The number of likely N-dealkylation sites (N-methyl/N-ethyl adjacent to an activating group) is 1. The molecule has 1 aromatic carbocycles. The van der Waals surface area contributed by atoms with E-state index < -0.39 is 5.79 Å². The Bertz CT molecular complexity index is 636. The Hall–Kier alpha value is -1.75. The average molecular weight is 344 g/mol. The molecule has 5 heteroatoms. The molecule has 3 aliphatic rings. The third kappa shape index (κ3) is 3.92. The lowest BCUT2D eigenvalue weighted by molar-refractivity contribution is -0.117. The van der Waals surface area contributed by atoms with Crippen molar-refractivity contribution in [3.8, 4) is 11.5 Å². The number of nitrogens with one attached hydrogen (secondary N) is 1. The molecule has 1 aliphatic heterocycles. The van der Waals surface area contributed by atoms with Gasteiger partial charge in [-0.15, -0.1) is 0 Å². The maximum atomic E-state index is 12.4. The quantitative estimate of drug-likeness (QED) is 0.853. The summed E-state index contributed by atoms with van der Waals surface area (Å²) in [4.78, 5) is 14.6. The molecule has 4 rings (SSSR count). The van der Waals surface area contributed by atoms with Gasteiger partial charge in [0.05, 0.1) is 6.54 Å². The van der Waals surface area contributed by atoms with Gasteiger partial charge in [-0.2, -0.15) is 0 Å². The van der Waals surface area contributed by atoms with Crippen LogP contribution in [-0.2, 0) is 4.79 Å². The standard InChI is InChI=1S/C20H28N2O3/c1-2-22(13-15-6-7-15)14-19(23)21-16-8-9-17-18(12-16)25-20(24-17)10-4-3-5-11-20/h8-9,12,15H,2-7,10-11,13-14H2,1H3,(H,21,23). The van der Waals surface area contributed by atoms with Crippen LogP contribution in [0.4, 0.5) is 5.69 Å². The Balaban J connectivity index is 1.36. The monoisotopic (exact) mass is 344 g/mol. The number of hydrogen-bond acceptors (Lipinski definition) is 4. The Morgan fingerprint density at radius 3 is 2.68 bits per heavy atom. The highest BCUT2D eigenvalue weighted by molar-refractivity contribution is 5.92. The molecule has 5 nitrogen and oxygen atoms in total. The number of fused-ring (bicyclic) bond motifs is 1. The molecule has 1 heterocycles. The van der Waals surface area contributed by atoms with E-state index in [4.69, 9.17) is 9.47 Å². The molecule has 0 radical (unpaired) electrons. The van der Waals surface area contributed by atoms with Crippen LogP contribution in [0.15, 0.2) is 18.2 Å². The van der Waals surface area contributed by atoms with Crippen LogP contribution >= 0.6 is 0 Å². The summed E-state index contributed by atoms with van der Waals surface area (Å²) < 4.78 is 12.2. The highest BCUT2D eigenvalue weighted by Gasteiger charge is 2.42. The van der Waals surface area contributed by atoms with Gasteiger partial charge in [0, 0.05) is 31.1 Å². The molecule has 1 amide bonds. The van der Waals surface area contributed by atoms with E-state index in [2.05, 4.69) is 17.1 Å². The first kappa shape index (κ1) is 16.7. The molecule has 0 atom stereocenters. The van der Waals surface area contributed by atoms with Gasteiger partial charge in [0.25, 0.3) is 5.79 Å². The summed E-state index contributed by atoms with van der Waals surface area (Å²) in [6, 6.07) is 5.71. The lowest BCUT2D eigenvalue weighted by atomic mass is 9.94. The summed E-state index contributed by atoms with van der Waals surface area (Å²) in [6.07, 6.45) is 8.04. The van der Waals surface area contributed by atoms with Crippen molar-refractivity contribution in [3.05, 3.63) is 18.2 Å². The minimum absolute atomic E-state index is 0.0359. The smallest absolute Gasteiger partial charge is 0.251 e. The number of amides is 1. The molecule has 1 aromatic rings. The van der Waals surface area contributed by atoms with Crippen LogP contribution in [0.25, 0.3) is 0 Å². The fraction of sp³-hybridized carbons (Fsp3) is 0.650. The molecule has 0 aromatic heterocycles. The van der Waals surface area contributed by atoms with Crippen LogP contribution in [0.5, 0.6) is 11.5 Å². The molecule has 2 saturated carbocycles. The first-order valence-corrected chi connectivity index (χ1v) is 9.70. The fourth-order valence-corrected chi connectivity index (χ4v) is 3.84. The van der Waals surface area contributed by atoms with Gasteiger partial charge in [-0.25, -0.2) is 0 Å². The van der Waals surface area contributed by atoms with Crippen LogP contribution in [-0.4, -0.2) is 36.2 Å². The van der Waals surface area contributed by atoms with E-state index in [-0.39, 0.29) is 5.91 Å². The number of carbonyl (C=O) groups excluding carboxylic acids is 1. The summed E-state index contributed by atoms with van der Waals surface area (Å²) in [5.74, 6) is 1.92. The van der Waals surface area contributed by atoms with Crippen molar-refractivity contribution in [3.63, 3.8) is 0 Å². The highest BCUT2D eigenvalue weighted by atomic mass is 16.7. The molecule has 0 saturated heterocycles. The predicted octanol–water partition coefficient (Wildman–Crippen LogP) is 3.79. The number of carbonyl (C=O) groups is 1. The second-order valence-corrected chi connectivity index (χ2v) is 7.66. The van der Waals surface area contributed by atoms with Crippen molar-refractivity contribution in [1.29, 1.82) is 0 Å². The zero-order valence-electron chi connectivity index (χ0n) is 15.1. The Morgan fingerprint density at radius 2 is 1.96 bits per heavy atom. The first-order valence-electron chi connectivity index (χ1n) is 9.70. The number of anilines is 1. The van der Waals surface area contributed by atoms with Gasteiger partial charge in [-0.05, 0) is 50.3 Å². The van der Waals surface area contributed by atoms with Crippen molar-refractivity contribution < 1.29 is 14.3 Å². The molecule has 136 valence electrons. The summed E-state index contributed by atoms with van der Waals surface area (Å²) in [5.41, 5.74) is 0.780. The molecule has 2 fully saturated rings. The number of nitrogens with zero attached hydrogens (tertiary/aromatic N) is 1. The number of ether oxygens (including phenoxy) is 2. The van der Waals surface area contributed by atoms with Gasteiger partial charge in [0.15, 0.2) is 11.5 Å². The second kappa shape index (κ2) is 6.87. The lowest BCUT2D eigenvalue weighted by Crippen LogP contribution is -2.40. The van der Waals surface area contributed by atoms with E-state index in [0.717, 1.165) is 61.9 Å². The molecule has 1 spiro atoms. The number of rotatable bonds is 6. The molecular formula is C20H28N2O3. The topological polar surface area (TPSA) is 50.8 Å². The van der Waals surface area contributed by atoms with Crippen molar-refractivity contribution >= 4 is 11.6 Å². The summed E-state index contributed by atoms with van der Waals surface area (Å²) in [6.45, 7) is 4.51. The number of benzene rings is 1. The van der Waals surface area contributed by atoms with Gasteiger partial charge >= 0.3 is 0 Å². The number of hydrogen-bond donors (Lipinski definition) is 1. The van der Waals surface area contributed by atoms with E-state index in [9.17, 15) is 4.79 Å². The second-order valence-electron chi connectivity index (χ2n) is 7.66. The molecular weight excluding hydrogens is 316 g/mol. The van der Waals surface area contributed by atoms with Gasteiger partial charge in [0.1, 0.15) is 0 Å². The average Bonchev–Trinajstić information content (AvgIpc) is 3.35. The van der Waals surface area contributed by atoms with Gasteiger partial charge in [-0.3, -0.25) is 9.69 Å². The Morgan fingerprint density at radius 1 is 1.20 bits per heavy atom. The summed E-state index contributed by atoms with van der Waals surface area (Å²) in [7, 11) is 0. The largest absolute Gasteiger partial charge is 0.448 e. The zero-order valence-corrected chi connectivity index (χ0v) is 15.1. The normalized spacial score (nSPS) is 20.9. The van der Waals surface area contributed by atoms with Crippen LogP contribution in [0, 0.1) is 5.92 Å². The van der Waals surface area contributed by atoms with E-state index in [0.29, 0.717) is 6.54 Å². The van der Waals surface area contributed by atoms with Gasteiger partial charge < -0.3 is 14.8 Å². The van der Waals surface area contributed by atoms with E-state index in [1.807, 2.05) is 18.2 Å². The maximum Gasteiger partial charge on any atom is 0.251 e. The molecule has 2 aliphatic carbocycles. The third-order valence-corrected chi connectivity index (χ3v) is 5.46. The Kier molecular flexibility index (Phi) is 4.59. The predicted molar refractivity (Wildman–Crippen MR) is 97.0 cm³/mol. The van der Waals surface area contributed by atoms with Crippen LogP contribution in [0.1, 0.15) is 51.9 Å². The van der Waals surface area contributed by atoms with Crippen LogP contribution < -0.4 is 14.8 Å².